The van der Waals surface area contributed by atoms with Crippen molar-refractivity contribution in [3.05, 3.63) is 83.4 Å². The SMILES string of the molecule is Cc1ccccc1CNC(=O)c1cccc(NS(=O)(=O)c2ccc3c(c2)OCCCO3)c1. The lowest BCUT2D eigenvalue weighted by Crippen LogP contribution is -2.23. The Balaban J connectivity index is 1.48. The maximum absolute atomic E-state index is 12.9. The van der Waals surface area contributed by atoms with Crippen LogP contribution in [0.2, 0.25) is 0 Å². The first kappa shape index (κ1) is 21.7. The minimum absolute atomic E-state index is 0.0520. The third kappa shape index (κ3) is 5.03. The van der Waals surface area contributed by atoms with Gasteiger partial charge in [0.1, 0.15) is 0 Å². The lowest BCUT2D eigenvalue weighted by molar-refractivity contribution is 0.0951. The molecule has 32 heavy (non-hydrogen) atoms. The van der Waals surface area contributed by atoms with Gasteiger partial charge in [0.05, 0.1) is 18.1 Å². The highest BCUT2D eigenvalue weighted by molar-refractivity contribution is 7.92. The van der Waals surface area contributed by atoms with Crippen LogP contribution in [0.5, 0.6) is 11.5 Å². The first-order valence-electron chi connectivity index (χ1n) is 10.3. The maximum atomic E-state index is 12.9. The number of carbonyl (C=O) groups is 1. The van der Waals surface area contributed by atoms with Crippen molar-refractivity contribution in [2.75, 3.05) is 17.9 Å². The van der Waals surface area contributed by atoms with E-state index in [0.717, 1.165) is 17.5 Å². The summed E-state index contributed by atoms with van der Waals surface area (Å²) in [5.74, 6) is 0.633. The fraction of sp³-hybridized carbons (Fsp3) is 0.208. The molecule has 1 aliphatic heterocycles. The lowest BCUT2D eigenvalue weighted by Gasteiger charge is -2.12. The van der Waals surface area contributed by atoms with Gasteiger partial charge < -0.3 is 14.8 Å². The molecule has 0 atom stereocenters. The summed E-state index contributed by atoms with van der Waals surface area (Å²) in [5.41, 5.74) is 2.76. The Kier molecular flexibility index (Phi) is 6.32. The first-order valence-corrected chi connectivity index (χ1v) is 11.8. The van der Waals surface area contributed by atoms with Gasteiger partial charge in [0.2, 0.25) is 0 Å². The van der Waals surface area contributed by atoms with Crippen LogP contribution in [-0.2, 0) is 16.6 Å². The van der Waals surface area contributed by atoms with Gasteiger partial charge in [-0.1, -0.05) is 30.3 Å². The van der Waals surface area contributed by atoms with Gasteiger partial charge in [-0.25, -0.2) is 8.42 Å². The van der Waals surface area contributed by atoms with E-state index in [0.29, 0.717) is 42.5 Å². The molecule has 2 N–H and O–H groups in total. The second-order valence-corrected chi connectivity index (χ2v) is 9.14. The number of ether oxygens (including phenoxy) is 2. The minimum Gasteiger partial charge on any atom is -0.490 e. The van der Waals surface area contributed by atoms with Crippen LogP contribution in [0.15, 0.2) is 71.6 Å². The maximum Gasteiger partial charge on any atom is 0.262 e. The minimum atomic E-state index is -3.88. The van der Waals surface area contributed by atoms with Crippen molar-refractivity contribution in [1.82, 2.24) is 5.32 Å². The number of nitrogens with one attached hydrogen (secondary N) is 2. The zero-order chi connectivity index (χ0) is 22.6. The van der Waals surface area contributed by atoms with Crippen molar-refractivity contribution in [3.8, 4) is 11.5 Å². The summed E-state index contributed by atoms with van der Waals surface area (Å²) >= 11 is 0. The summed E-state index contributed by atoms with van der Waals surface area (Å²) < 4.78 is 39.5. The molecular formula is C24H24N2O5S. The van der Waals surface area contributed by atoms with E-state index in [4.69, 9.17) is 9.47 Å². The van der Waals surface area contributed by atoms with Crippen molar-refractivity contribution in [3.63, 3.8) is 0 Å². The Bertz CT molecular complexity index is 1240. The molecule has 0 aromatic heterocycles. The van der Waals surface area contributed by atoms with Crippen LogP contribution < -0.4 is 19.5 Å². The number of anilines is 1. The Hall–Kier alpha value is -3.52. The standard InChI is InChI=1S/C24H24N2O5S/c1-17-6-2-3-7-19(17)16-25-24(27)18-8-4-9-20(14-18)26-32(28,29)21-10-11-22-23(15-21)31-13-5-12-30-22/h2-4,6-11,14-15,26H,5,12-13,16H2,1H3,(H,25,27). The van der Waals surface area contributed by atoms with Crippen LogP contribution >= 0.6 is 0 Å². The summed E-state index contributed by atoms with van der Waals surface area (Å²) in [6, 6.07) is 18.7. The number of aryl methyl sites for hydroxylation is 1. The molecule has 0 aliphatic carbocycles. The molecule has 7 nitrogen and oxygen atoms in total. The van der Waals surface area contributed by atoms with E-state index in [1.807, 2.05) is 31.2 Å². The van der Waals surface area contributed by atoms with Crippen LogP contribution in [0.25, 0.3) is 0 Å². The molecule has 0 unspecified atom stereocenters. The van der Waals surface area contributed by atoms with Crippen LogP contribution in [0.4, 0.5) is 5.69 Å². The molecule has 3 aromatic carbocycles. The normalized spacial score (nSPS) is 13.2. The molecule has 0 fully saturated rings. The van der Waals surface area contributed by atoms with Crippen molar-refractivity contribution < 1.29 is 22.7 Å². The summed E-state index contributed by atoms with van der Waals surface area (Å²) in [4.78, 5) is 12.6. The highest BCUT2D eigenvalue weighted by atomic mass is 32.2. The van der Waals surface area contributed by atoms with E-state index in [1.54, 1.807) is 24.3 Å². The van der Waals surface area contributed by atoms with Crippen molar-refractivity contribution in [2.45, 2.75) is 24.8 Å². The number of benzene rings is 3. The Morgan fingerprint density at radius 3 is 2.53 bits per heavy atom. The molecule has 166 valence electrons. The van der Waals surface area contributed by atoms with Gasteiger partial charge in [0.25, 0.3) is 15.9 Å². The van der Waals surface area contributed by atoms with E-state index in [2.05, 4.69) is 10.0 Å². The molecule has 0 bridgehead atoms. The van der Waals surface area contributed by atoms with Gasteiger partial charge in [-0.05, 0) is 48.4 Å². The number of rotatable bonds is 6. The van der Waals surface area contributed by atoms with Gasteiger partial charge >= 0.3 is 0 Å². The van der Waals surface area contributed by atoms with Gasteiger partial charge in [0.15, 0.2) is 11.5 Å². The highest BCUT2D eigenvalue weighted by Crippen LogP contribution is 2.32. The topological polar surface area (TPSA) is 93.7 Å². The molecule has 0 spiro atoms. The third-order valence-corrected chi connectivity index (χ3v) is 6.49. The first-order chi connectivity index (χ1) is 15.4. The van der Waals surface area contributed by atoms with E-state index < -0.39 is 10.0 Å². The monoisotopic (exact) mass is 452 g/mol. The number of fused-ring (bicyclic) bond motifs is 1. The molecule has 3 aromatic rings. The molecule has 1 aliphatic rings. The predicted octanol–water partition coefficient (Wildman–Crippen LogP) is 3.89. The second-order valence-electron chi connectivity index (χ2n) is 7.45. The molecule has 0 saturated carbocycles. The second kappa shape index (κ2) is 9.32. The highest BCUT2D eigenvalue weighted by Gasteiger charge is 2.19. The summed E-state index contributed by atoms with van der Waals surface area (Å²) in [6.45, 7) is 3.36. The number of hydrogen-bond donors (Lipinski definition) is 2. The molecule has 0 radical (unpaired) electrons. The van der Waals surface area contributed by atoms with Crippen molar-refractivity contribution in [2.24, 2.45) is 0 Å². The fourth-order valence-corrected chi connectivity index (χ4v) is 4.40. The van der Waals surface area contributed by atoms with Gasteiger partial charge in [-0.3, -0.25) is 9.52 Å². The molecule has 8 heteroatoms. The van der Waals surface area contributed by atoms with E-state index >= 15 is 0 Å². The zero-order valence-corrected chi connectivity index (χ0v) is 18.4. The number of hydrogen-bond acceptors (Lipinski definition) is 5. The van der Waals surface area contributed by atoms with Gasteiger partial charge in [-0.15, -0.1) is 0 Å². The molecule has 4 rings (SSSR count). The quantitative estimate of drug-likeness (QED) is 0.592. The Labute approximate surface area is 187 Å². The molecule has 0 saturated heterocycles. The van der Waals surface area contributed by atoms with E-state index in [1.165, 1.54) is 18.2 Å². The van der Waals surface area contributed by atoms with Crippen molar-refractivity contribution >= 4 is 21.6 Å². The zero-order valence-electron chi connectivity index (χ0n) is 17.6. The number of amides is 1. The Morgan fingerprint density at radius 2 is 1.72 bits per heavy atom. The number of sulfonamides is 1. The van der Waals surface area contributed by atoms with Crippen LogP contribution in [0.3, 0.4) is 0 Å². The van der Waals surface area contributed by atoms with Gasteiger partial charge in [-0.2, -0.15) is 0 Å². The average molecular weight is 453 g/mol. The predicted molar refractivity (Wildman–Crippen MR) is 122 cm³/mol. The van der Waals surface area contributed by atoms with Crippen LogP contribution in [0, 0.1) is 6.92 Å². The lowest BCUT2D eigenvalue weighted by atomic mass is 10.1. The van der Waals surface area contributed by atoms with Gasteiger partial charge in [0, 0.05) is 30.3 Å². The Morgan fingerprint density at radius 1 is 0.938 bits per heavy atom. The summed E-state index contributed by atoms with van der Waals surface area (Å²) in [6.07, 6.45) is 0.730. The van der Waals surface area contributed by atoms with E-state index in [9.17, 15) is 13.2 Å². The summed E-state index contributed by atoms with van der Waals surface area (Å²) in [5, 5.41) is 2.87. The van der Waals surface area contributed by atoms with Crippen LogP contribution in [-0.4, -0.2) is 27.5 Å². The van der Waals surface area contributed by atoms with Crippen LogP contribution in [0.1, 0.15) is 27.9 Å². The molecular weight excluding hydrogens is 428 g/mol. The molecule has 1 heterocycles. The van der Waals surface area contributed by atoms with E-state index in [-0.39, 0.29) is 10.8 Å². The smallest absolute Gasteiger partial charge is 0.262 e. The summed E-state index contributed by atoms with van der Waals surface area (Å²) in [7, 11) is -3.88. The molecule has 1 amide bonds. The number of carbonyl (C=O) groups excluding carboxylic acids is 1. The largest absolute Gasteiger partial charge is 0.490 e. The fourth-order valence-electron chi connectivity index (χ4n) is 3.33. The average Bonchev–Trinajstić information content (AvgIpc) is 3.03. The third-order valence-electron chi connectivity index (χ3n) is 5.11. The van der Waals surface area contributed by atoms with Crippen molar-refractivity contribution in [1.29, 1.82) is 0 Å².